The van der Waals surface area contributed by atoms with E-state index in [9.17, 15) is 4.79 Å². The molecule has 2 N–H and O–H groups in total. The van der Waals surface area contributed by atoms with Crippen LogP contribution in [-0.2, 0) is 13.2 Å². The molecule has 27 heavy (non-hydrogen) atoms. The average molecular weight is 447 g/mol. The molecule has 0 atom stereocenters. The first kappa shape index (κ1) is 19.3. The molecule has 3 aromatic rings. The summed E-state index contributed by atoms with van der Waals surface area (Å²) in [6.45, 7) is 0.987. The van der Waals surface area contributed by atoms with E-state index in [0.717, 1.165) is 27.0 Å². The van der Waals surface area contributed by atoms with E-state index in [0.29, 0.717) is 13.2 Å². The van der Waals surface area contributed by atoms with Crippen LogP contribution in [0, 0.1) is 0 Å². The lowest BCUT2D eigenvalue weighted by molar-refractivity contribution is 0.0697. The van der Waals surface area contributed by atoms with Crippen molar-refractivity contribution >= 4 is 39.2 Å². The second-order valence-electron chi connectivity index (χ2n) is 5.88. The molecule has 0 aliphatic rings. The molecule has 6 heteroatoms. The smallest absolute Gasteiger partial charge is 0.337 e. The topological polar surface area (TPSA) is 58.6 Å². The maximum Gasteiger partial charge on any atom is 0.337 e. The van der Waals surface area contributed by atoms with Gasteiger partial charge in [-0.15, -0.1) is 0 Å². The van der Waals surface area contributed by atoms with Crippen LogP contribution < -0.4 is 10.1 Å². The van der Waals surface area contributed by atoms with Gasteiger partial charge in [0, 0.05) is 22.3 Å². The van der Waals surface area contributed by atoms with Crippen LogP contribution in [0.2, 0.25) is 5.02 Å². The Hall–Kier alpha value is -2.50. The summed E-state index contributed by atoms with van der Waals surface area (Å²) in [6, 6.07) is 20.6. The zero-order chi connectivity index (χ0) is 19.2. The highest BCUT2D eigenvalue weighted by Crippen LogP contribution is 2.26. The summed E-state index contributed by atoms with van der Waals surface area (Å²) >= 11 is 9.51. The van der Waals surface area contributed by atoms with Crippen LogP contribution >= 0.6 is 27.5 Å². The fourth-order valence-electron chi connectivity index (χ4n) is 2.56. The molecule has 0 aliphatic heterocycles. The van der Waals surface area contributed by atoms with Gasteiger partial charge in [-0.2, -0.15) is 0 Å². The maximum atomic E-state index is 11.1. The molecule has 0 radical (unpaired) electrons. The third-order valence-corrected chi connectivity index (χ3v) is 4.75. The van der Waals surface area contributed by atoms with Gasteiger partial charge < -0.3 is 15.2 Å². The molecule has 0 amide bonds. The molecule has 3 rings (SSSR count). The largest absolute Gasteiger partial charge is 0.489 e. The Morgan fingerprint density at radius 3 is 2.56 bits per heavy atom. The van der Waals surface area contributed by atoms with Crippen molar-refractivity contribution in [3.05, 3.63) is 92.9 Å². The van der Waals surface area contributed by atoms with Gasteiger partial charge in [0.2, 0.25) is 0 Å². The number of rotatable bonds is 7. The van der Waals surface area contributed by atoms with Gasteiger partial charge in [0.05, 0.1) is 10.6 Å². The molecule has 138 valence electrons. The van der Waals surface area contributed by atoms with E-state index >= 15 is 0 Å². The average Bonchev–Trinajstić information content (AvgIpc) is 2.66. The predicted molar refractivity (Wildman–Crippen MR) is 111 cm³/mol. The van der Waals surface area contributed by atoms with Crippen molar-refractivity contribution in [2.75, 3.05) is 5.32 Å². The summed E-state index contributed by atoms with van der Waals surface area (Å²) in [7, 11) is 0. The zero-order valence-electron chi connectivity index (χ0n) is 14.3. The Bertz CT molecular complexity index is 947. The fourth-order valence-corrected chi connectivity index (χ4v) is 3.23. The Balaban J connectivity index is 1.71. The molecule has 0 fully saturated rings. The van der Waals surface area contributed by atoms with E-state index in [1.54, 1.807) is 12.1 Å². The zero-order valence-corrected chi connectivity index (χ0v) is 16.6. The molecule has 0 unspecified atom stereocenters. The highest BCUT2D eigenvalue weighted by Gasteiger charge is 2.10. The SMILES string of the molecule is O=C(O)c1ccc(NCc2cc(Br)ccc2OCc2ccccc2)cc1Cl. The Morgan fingerprint density at radius 2 is 1.85 bits per heavy atom. The minimum atomic E-state index is -1.05. The van der Waals surface area contributed by atoms with Gasteiger partial charge in [0.15, 0.2) is 0 Å². The Labute approximate surface area is 170 Å². The standard InChI is InChI=1S/C21H17BrClNO3/c22-16-6-9-20(27-13-14-4-2-1-3-5-14)15(10-16)12-24-17-7-8-18(21(25)26)19(23)11-17/h1-11,24H,12-13H2,(H,25,26). The summed E-state index contributed by atoms with van der Waals surface area (Å²) in [5, 5.41) is 12.5. The monoisotopic (exact) mass is 445 g/mol. The number of nitrogens with one attached hydrogen (secondary N) is 1. The summed E-state index contributed by atoms with van der Waals surface area (Å²) < 4.78 is 6.93. The van der Waals surface area contributed by atoms with Gasteiger partial charge in [-0.3, -0.25) is 0 Å². The number of carboxylic acids is 1. The van der Waals surface area contributed by atoms with Gasteiger partial charge in [0.1, 0.15) is 12.4 Å². The number of carbonyl (C=O) groups is 1. The van der Waals surface area contributed by atoms with Crippen molar-refractivity contribution in [2.45, 2.75) is 13.2 Å². The van der Waals surface area contributed by atoms with Crippen LogP contribution in [0.25, 0.3) is 0 Å². The summed E-state index contributed by atoms with van der Waals surface area (Å²) in [6.07, 6.45) is 0. The minimum Gasteiger partial charge on any atom is -0.489 e. The van der Waals surface area contributed by atoms with Crippen molar-refractivity contribution < 1.29 is 14.6 Å². The molecule has 0 heterocycles. The van der Waals surface area contributed by atoms with Gasteiger partial charge >= 0.3 is 5.97 Å². The molecular formula is C21H17BrClNO3. The second-order valence-corrected chi connectivity index (χ2v) is 7.20. The quantitative estimate of drug-likeness (QED) is 0.468. The van der Waals surface area contributed by atoms with Crippen LogP contribution in [0.4, 0.5) is 5.69 Å². The lowest BCUT2D eigenvalue weighted by Crippen LogP contribution is -2.05. The van der Waals surface area contributed by atoms with Crippen molar-refractivity contribution in [1.29, 1.82) is 0 Å². The second kappa shape index (κ2) is 8.93. The Kier molecular flexibility index (Phi) is 6.37. The lowest BCUT2D eigenvalue weighted by Gasteiger charge is -2.14. The first-order chi connectivity index (χ1) is 13.0. The van der Waals surface area contributed by atoms with Crippen molar-refractivity contribution in [2.24, 2.45) is 0 Å². The van der Waals surface area contributed by atoms with E-state index in [2.05, 4.69) is 21.2 Å². The predicted octanol–water partition coefficient (Wildman–Crippen LogP) is 5.99. The summed E-state index contributed by atoms with van der Waals surface area (Å²) in [5.74, 6) is -0.266. The highest BCUT2D eigenvalue weighted by molar-refractivity contribution is 9.10. The van der Waals surface area contributed by atoms with Crippen LogP contribution in [0.15, 0.2) is 71.2 Å². The van der Waals surface area contributed by atoms with E-state index in [-0.39, 0.29) is 10.6 Å². The molecule has 0 saturated heterocycles. The first-order valence-electron chi connectivity index (χ1n) is 8.25. The van der Waals surface area contributed by atoms with Gasteiger partial charge in [0.25, 0.3) is 0 Å². The van der Waals surface area contributed by atoms with Crippen molar-refractivity contribution in [3.8, 4) is 5.75 Å². The van der Waals surface area contributed by atoms with E-state index in [1.807, 2.05) is 48.5 Å². The fraction of sp³-hybridized carbons (Fsp3) is 0.0952. The molecule has 0 spiro atoms. The highest BCUT2D eigenvalue weighted by atomic mass is 79.9. The van der Waals surface area contributed by atoms with Gasteiger partial charge in [-0.05, 0) is 42.0 Å². The summed E-state index contributed by atoms with van der Waals surface area (Å²) in [5.41, 5.74) is 2.88. The van der Waals surface area contributed by atoms with E-state index < -0.39 is 5.97 Å². The van der Waals surface area contributed by atoms with Gasteiger partial charge in [-0.1, -0.05) is 57.9 Å². The van der Waals surface area contributed by atoms with Crippen LogP contribution in [0.3, 0.4) is 0 Å². The van der Waals surface area contributed by atoms with Crippen molar-refractivity contribution in [3.63, 3.8) is 0 Å². The van der Waals surface area contributed by atoms with E-state index in [1.165, 1.54) is 6.07 Å². The number of carboxylic acid groups (broad SMARTS) is 1. The molecule has 4 nitrogen and oxygen atoms in total. The maximum absolute atomic E-state index is 11.1. The molecule has 0 bridgehead atoms. The van der Waals surface area contributed by atoms with Crippen LogP contribution in [-0.4, -0.2) is 11.1 Å². The molecule has 0 aromatic heterocycles. The molecule has 3 aromatic carbocycles. The normalized spacial score (nSPS) is 10.4. The number of ether oxygens (including phenoxy) is 1. The van der Waals surface area contributed by atoms with E-state index in [4.69, 9.17) is 21.4 Å². The molecule has 0 aliphatic carbocycles. The number of halogens is 2. The number of aromatic carboxylic acids is 1. The first-order valence-corrected chi connectivity index (χ1v) is 9.42. The summed E-state index contributed by atoms with van der Waals surface area (Å²) in [4.78, 5) is 11.1. The molecular weight excluding hydrogens is 430 g/mol. The number of hydrogen-bond donors (Lipinski definition) is 2. The third-order valence-electron chi connectivity index (χ3n) is 3.94. The van der Waals surface area contributed by atoms with Gasteiger partial charge in [-0.25, -0.2) is 4.79 Å². The van der Waals surface area contributed by atoms with Crippen LogP contribution in [0.5, 0.6) is 5.75 Å². The number of benzene rings is 3. The molecule has 0 saturated carbocycles. The van der Waals surface area contributed by atoms with Crippen LogP contribution in [0.1, 0.15) is 21.5 Å². The lowest BCUT2D eigenvalue weighted by atomic mass is 10.1. The number of hydrogen-bond acceptors (Lipinski definition) is 3. The number of anilines is 1. The minimum absolute atomic E-state index is 0.0801. The third kappa shape index (κ3) is 5.25. The van der Waals surface area contributed by atoms with Crippen molar-refractivity contribution in [1.82, 2.24) is 0 Å². The Morgan fingerprint density at radius 1 is 1.07 bits per heavy atom.